The van der Waals surface area contributed by atoms with Gasteiger partial charge in [-0.05, 0) is 24.6 Å². The zero-order chi connectivity index (χ0) is 14.2. The average molecular weight is 287 g/mol. The van der Waals surface area contributed by atoms with Gasteiger partial charge in [-0.2, -0.15) is 0 Å². The van der Waals surface area contributed by atoms with Crippen LogP contribution in [0.1, 0.15) is 18.5 Å². The maximum Gasteiger partial charge on any atom is 0.321 e. The molecule has 1 aromatic carbocycles. The third kappa shape index (κ3) is 2.76. The fourth-order valence-corrected chi connectivity index (χ4v) is 3.86. The molecule has 5 nitrogen and oxygen atoms in total. The number of rotatable bonds is 2. The zero-order valence-electron chi connectivity index (χ0n) is 10.2. The summed E-state index contributed by atoms with van der Waals surface area (Å²) >= 11 is 0. The number of carbonyl (C=O) groups is 1. The number of hydrogen-bond donors (Lipinski definition) is 2. The molecular weight excluding hydrogens is 273 g/mol. The smallest absolute Gasteiger partial charge is 0.321 e. The molecule has 104 valence electrons. The second kappa shape index (κ2) is 4.90. The molecule has 7 heteroatoms. The fraction of sp³-hybridized carbons (Fsp3) is 0.417. The van der Waals surface area contributed by atoms with Gasteiger partial charge in [-0.15, -0.1) is 0 Å². The van der Waals surface area contributed by atoms with Crippen LogP contribution in [0.25, 0.3) is 0 Å². The molecule has 0 aromatic heterocycles. The lowest BCUT2D eigenvalue weighted by Gasteiger charge is -2.34. The summed E-state index contributed by atoms with van der Waals surface area (Å²) in [5.41, 5.74) is 0.432. The fourth-order valence-electron chi connectivity index (χ4n) is 2.20. The van der Waals surface area contributed by atoms with Crippen LogP contribution in [-0.4, -0.2) is 36.5 Å². The van der Waals surface area contributed by atoms with Crippen molar-refractivity contribution in [1.82, 2.24) is 5.32 Å². The van der Waals surface area contributed by atoms with Crippen LogP contribution < -0.4 is 5.32 Å². The van der Waals surface area contributed by atoms with Gasteiger partial charge in [0.05, 0.1) is 11.0 Å². The number of sulfone groups is 1. The van der Waals surface area contributed by atoms with E-state index in [4.69, 9.17) is 5.11 Å². The van der Waals surface area contributed by atoms with Gasteiger partial charge in [-0.3, -0.25) is 10.1 Å². The quantitative estimate of drug-likeness (QED) is 0.837. The maximum absolute atomic E-state index is 13.2. The Morgan fingerprint density at radius 1 is 1.47 bits per heavy atom. The summed E-state index contributed by atoms with van der Waals surface area (Å²) in [6.07, 6.45) is 0. The van der Waals surface area contributed by atoms with E-state index in [0.717, 1.165) is 0 Å². The summed E-state index contributed by atoms with van der Waals surface area (Å²) in [5, 5.41) is 10.9. The van der Waals surface area contributed by atoms with Crippen LogP contribution in [0.15, 0.2) is 24.3 Å². The SMILES string of the molecule is CC1C(c2cccc(F)c2)NC(C(=O)O)CS1(=O)=O. The topological polar surface area (TPSA) is 83.5 Å². The molecule has 1 aliphatic rings. The van der Waals surface area contributed by atoms with Crippen molar-refractivity contribution < 1.29 is 22.7 Å². The Bertz CT molecular complexity index is 602. The van der Waals surface area contributed by atoms with Crippen molar-refractivity contribution in [2.75, 3.05) is 5.75 Å². The van der Waals surface area contributed by atoms with Crippen molar-refractivity contribution in [3.05, 3.63) is 35.6 Å². The molecule has 19 heavy (non-hydrogen) atoms. The molecule has 1 saturated heterocycles. The van der Waals surface area contributed by atoms with Gasteiger partial charge in [0.2, 0.25) is 0 Å². The molecule has 0 radical (unpaired) electrons. The Kier molecular flexibility index (Phi) is 3.60. The molecule has 3 atom stereocenters. The van der Waals surface area contributed by atoms with Gasteiger partial charge in [-0.1, -0.05) is 12.1 Å². The third-order valence-electron chi connectivity index (χ3n) is 3.32. The summed E-state index contributed by atoms with van der Waals surface area (Å²) in [7, 11) is -3.53. The van der Waals surface area contributed by atoms with Crippen LogP contribution in [0.5, 0.6) is 0 Å². The summed E-state index contributed by atoms with van der Waals surface area (Å²) in [6.45, 7) is 1.50. The maximum atomic E-state index is 13.2. The predicted molar refractivity (Wildman–Crippen MR) is 66.9 cm³/mol. The van der Waals surface area contributed by atoms with Gasteiger partial charge >= 0.3 is 5.97 Å². The van der Waals surface area contributed by atoms with E-state index in [-0.39, 0.29) is 0 Å². The van der Waals surface area contributed by atoms with Crippen LogP contribution >= 0.6 is 0 Å². The van der Waals surface area contributed by atoms with Crippen molar-refractivity contribution in [3.8, 4) is 0 Å². The molecule has 0 amide bonds. The first kappa shape index (κ1) is 14.0. The minimum absolute atomic E-state index is 0.432. The van der Waals surface area contributed by atoms with Gasteiger partial charge in [-0.25, -0.2) is 12.8 Å². The molecule has 1 heterocycles. The lowest BCUT2D eigenvalue weighted by atomic mass is 10.0. The van der Waals surface area contributed by atoms with Crippen LogP contribution in [0.3, 0.4) is 0 Å². The van der Waals surface area contributed by atoms with Crippen molar-refractivity contribution in [1.29, 1.82) is 0 Å². The van der Waals surface area contributed by atoms with E-state index in [1.54, 1.807) is 6.07 Å². The van der Waals surface area contributed by atoms with Gasteiger partial charge in [0.25, 0.3) is 0 Å². The van der Waals surface area contributed by atoms with Crippen LogP contribution in [0.4, 0.5) is 4.39 Å². The molecule has 0 saturated carbocycles. The normalized spacial score (nSPS) is 29.9. The number of halogens is 1. The molecule has 0 aliphatic carbocycles. The van der Waals surface area contributed by atoms with E-state index in [2.05, 4.69) is 5.32 Å². The molecule has 0 spiro atoms. The van der Waals surface area contributed by atoms with Gasteiger partial charge < -0.3 is 5.11 Å². The second-order valence-electron chi connectivity index (χ2n) is 4.62. The third-order valence-corrected chi connectivity index (χ3v) is 5.52. The van der Waals surface area contributed by atoms with E-state index >= 15 is 0 Å². The Hall–Kier alpha value is -1.47. The first-order valence-electron chi connectivity index (χ1n) is 5.77. The molecule has 3 unspecified atom stereocenters. The molecule has 2 rings (SSSR count). The monoisotopic (exact) mass is 287 g/mol. The van der Waals surface area contributed by atoms with E-state index in [1.807, 2.05) is 0 Å². The van der Waals surface area contributed by atoms with Crippen LogP contribution in [0, 0.1) is 5.82 Å². The Morgan fingerprint density at radius 2 is 2.16 bits per heavy atom. The van der Waals surface area contributed by atoms with Gasteiger partial charge in [0, 0.05) is 6.04 Å². The largest absolute Gasteiger partial charge is 0.480 e. The Balaban J connectivity index is 2.40. The first-order valence-corrected chi connectivity index (χ1v) is 7.48. The molecule has 0 bridgehead atoms. The Morgan fingerprint density at radius 3 is 2.74 bits per heavy atom. The second-order valence-corrected chi connectivity index (χ2v) is 7.03. The Labute approximate surface area is 110 Å². The number of carboxylic acids is 1. The highest BCUT2D eigenvalue weighted by atomic mass is 32.2. The summed E-state index contributed by atoms with van der Waals surface area (Å²) < 4.78 is 37.1. The van der Waals surface area contributed by atoms with Crippen molar-refractivity contribution in [2.45, 2.75) is 24.3 Å². The van der Waals surface area contributed by atoms with Gasteiger partial charge in [0.1, 0.15) is 11.9 Å². The summed E-state index contributed by atoms with van der Waals surface area (Å²) in [6, 6.07) is 3.62. The molecular formula is C12H14FNO4S. The molecule has 1 aromatic rings. The van der Waals surface area contributed by atoms with Crippen molar-refractivity contribution >= 4 is 15.8 Å². The minimum Gasteiger partial charge on any atom is -0.480 e. The van der Waals surface area contributed by atoms with Crippen LogP contribution in [0.2, 0.25) is 0 Å². The predicted octanol–water partition coefficient (Wildman–Crippen LogP) is 0.726. The number of hydrogen-bond acceptors (Lipinski definition) is 4. The average Bonchev–Trinajstić information content (AvgIpc) is 2.32. The highest BCUT2D eigenvalue weighted by Crippen LogP contribution is 2.28. The van der Waals surface area contributed by atoms with E-state index in [1.165, 1.54) is 25.1 Å². The number of nitrogens with one attached hydrogen (secondary N) is 1. The summed E-state index contributed by atoms with van der Waals surface area (Å²) in [5.74, 6) is -2.16. The van der Waals surface area contributed by atoms with Gasteiger partial charge in [0.15, 0.2) is 9.84 Å². The van der Waals surface area contributed by atoms with E-state index in [9.17, 15) is 17.6 Å². The number of carboxylic acid groups (broad SMARTS) is 1. The van der Waals surface area contributed by atoms with Crippen LogP contribution in [-0.2, 0) is 14.6 Å². The van der Waals surface area contributed by atoms with Crippen molar-refractivity contribution in [3.63, 3.8) is 0 Å². The standard InChI is InChI=1S/C12H14FNO4S/c1-7-11(8-3-2-4-9(13)5-8)14-10(12(15)16)6-19(7,17)18/h2-5,7,10-11,14H,6H2,1H3,(H,15,16). The highest BCUT2D eigenvalue weighted by Gasteiger charge is 2.41. The lowest BCUT2D eigenvalue weighted by molar-refractivity contribution is -0.139. The molecule has 1 aliphatic heterocycles. The highest BCUT2D eigenvalue weighted by molar-refractivity contribution is 7.92. The minimum atomic E-state index is -3.53. The van der Waals surface area contributed by atoms with Crippen molar-refractivity contribution in [2.24, 2.45) is 0 Å². The van der Waals surface area contributed by atoms with E-state index < -0.39 is 44.7 Å². The zero-order valence-corrected chi connectivity index (χ0v) is 11.0. The summed E-state index contributed by atoms with van der Waals surface area (Å²) in [4.78, 5) is 11.0. The molecule has 1 fully saturated rings. The number of aliphatic carboxylic acids is 1. The lowest BCUT2D eigenvalue weighted by Crippen LogP contribution is -2.54. The first-order chi connectivity index (χ1) is 8.81. The van der Waals surface area contributed by atoms with E-state index in [0.29, 0.717) is 5.56 Å². The molecule has 2 N–H and O–H groups in total. The number of benzene rings is 1.